The van der Waals surface area contributed by atoms with Gasteiger partial charge < -0.3 is 10.9 Å². The molecule has 1 atom stereocenters. The van der Waals surface area contributed by atoms with Crippen LogP contribution < -0.4 is 6.15 Å². The highest BCUT2D eigenvalue weighted by Gasteiger charge is 2.06. The fourth-order valence-electron chi connectivity index (χ4n) is 1.13. The quantitative estimate of drug-likeness (QED) is 0.653. The van der Waals surface area contributed by atoms with Crippen LogP contribution in [0.2, 0.25) is 0 Å². The third-order valence-corrected chi connectivity index (χ3v) is 2.07. The Balaban J connectivity index is 0. The van der Waals surface area contributed by atoms with Gasteiger partial charge in [-0.1, -0.05) is 33.1 Å². The second kappa shape index (κ2) is 9.52. The Labute approximate surface area is 81.4 Å². The molecule has 80 valence electrons. The lowest BCUT2D eigenvalue weighted by Gasteiger charge is -2.13. The first kappa shape index (κ1) is 14.9. The van der Waals surface area contributed by atoms with E-state index in [1.54, 1.807) is 0 Å². The SMILES string of the molecule is CCCCC(CC)COC(C)=O.N. The Kier molecular flexibility index (Phi) is 10.9. The molecule has 0 rings (SSSR count). The highest BCUT2D eigenvalue weighted by molar-refractivity contribution is 5.65. The second-order valence-electron chi connectivity index (χ2n) is 3.22. The number of ether oxygens (including phenoxy) is 1. The van der Waals surface area contributed by atoms with Gasteiger partial charge in [-0.25, -0.2) is 0 Å². The normalized spacial score (nSPS) is 11.6. The van der Waals surface area contributed by atoms with E-state index in [0.717, 1.165) is 6.42 Å². The van der Waals surface area contributed by atoms with Crippen LogP contribution in [0.25, 0.3) is 0 Å². The zero-order valence-corrected chi connectivity index (χ0v) is 9.14. The van der Waals surface area contributed by atoms with E-state index in [2.05, 4.69) is 13.8 Å². The molecule has 3 heteroatoms. The summed E-state index contributed by atoms with van der Waals surface area (Å²) in [5.41, 5.74) is 0. The van der Waals surface area contributed by atoms with Crippen LogP contribution in [0.3, 0.4) is 0 Å². The van der Waals surface area contributed by atoms with Crippen molar-refractivity contribution in [3.8, 4) is 0 Å². The lowest BCUT2D eigenvalue weighted by molar-refractivity contribution is -0.142. The van der Waals surface area contributed by atoms with Crippen molar-refractivity contribution in [1.29, 1.82) is 0 Å². The van der Waals surface area contributed by atoms with Crippen LogP contribution in [0, 0.1) is 5.92 Å². The molecule has 0 aliphatic rings. The van der Waals surface area contributed by atoms with Crippen molar-refractivity contribution < 1.29 is 9.53 Å². The number of rotatable bonds is 6. The number of hydrogen-bond acceptors (Lipinski definition) is 3. The van der Waals surface area contributed by atoms with Crippen LogP contribution in [0.1, 0.15) is 46.5 Å². The van der Waals surface area contributed by atoms with Gasteiger partial charge in [0.25, 0.3) is 0 Å². The van der Waals surface area contributed by atoms with Crippen molar-refractivity contribution in [2.75, 3.05) is 6.61 Å². The van der Waals surface area contributed by atoms with E-state index < -0.39 is 0 Å². The largest absolute Gasteiger partial charge is 0.466 e. The van der Waals surface area contributed by atoms with E-state index in [1.165, 1.54) is 26.2 Å². The van der Waals surface area contributed by atoms with Crippen LogP contribution in [0.15, 0.2) is 0 Å². The molecule has 0 aliphatic heterocycles. The van der Waals surface area contributed by atoms with Gasteiger partial charge in [0.2, 0.25) is 0 Å². The van der Waals surface area contributed by atoms with Gasteiger partial charge in [0.1, 0.15) is 0 Å². The summed E-state index contributed by atoms with van der Waals surface area (Å²) in [6, 6.07) is 0. The second-order valence-corrected chi connectivity index (χ2v) is 3.22. The molecule has 13 heavy (non-hydrogen) atoms. The molecule has 0 fully saturated rings. The lowest BCUT2D eigenvalue weighted by atomic mass is 10.0. The number of carbonyl (C=O) groups excluding carboxylic acids is 1. The highest BCUT2D eigenvalue weighted by Crippen LogP contribution is 2.12. The van der Waals surface area contributed by atoms with Crippen LogP contribution in [0.5, 0.6) is 0 Å². The van der Waals surface area contributed by atoms with Crippen molar-refractivity contribution in [1.82, 2.24) is 6.15 Å². The minimum atomic E-state index is -0.162. The maximum Gasteiger partial charge on any atom is 0.302 e. The van der Waals surface area contributed by atoms with E-state index in [0.29, 0.717) is 12.5 Å². The fraction of sp³-hybridized carbons (Fsp3) is 0.900. The molecular weight excluding hydrogens is 166 g/mol. The van der Waals surface area contributed by atoms with Gasteiger partial charge in [-0.05, 0) is 12.3 Å². The van der Waals surface area contributed by atoms with Crippen molar-refractivity contribution in [2.24, 2.45) is 5.92 Å². The predicted octanol–water partition coefficient (Wildman–Crippen LogP) is 2.93. The summed E-state index contributed by atoms with van der Waals surface area (Å²) in [7, 11) is 0. The van der Waals surface area contributed by atoms with Crippen LogP contribution in [0.4, 0.5) is 0 Å². The summed E-state index contributed by atoms with van der Waals surface area (Å²) in [4.78, 5) is 10.5. The minimum absolute atomic E-state index is 0. The Morgan fingerprint density at radius 2 is 2.00 bits per heavy atom. The molecule has 0 aromatic rings. The molecule has 0 aromatic heterocycles. The maximum absolute atomic E-state index is 10.5. The number of hydrogen-bond donors (Lipinski definition) is 1. The van der Waals surface area contributed by atoms with Gasteiger partial charge in [-0.3, -0.25) is 4.79 Å². The van der Waals surface area contributed by atoms with E-state index in [4.69, 9.17) is 4.74 Å². The molecule has 0 radical (unpaired) electrons. The first-order valence-electron chi connectivity index (χ1n) is 4.84. The van der Waals surface area contributed by atoms with Gasteiger partial charge in [-0.15, -0.1) is 0 Å². The minimum Gasteiger partial charge on any atom is -0.466 e. The molecule has 1 unspecified atom stereocenters. The zero-order chi connectivity index (χ0) is 9.40. The zero-order valence-electron chi connectivity index (χ0n) is 9.14. The molecule has 0 amide bonds. The standard InChI is InChI=1S/C10H20O2.H3N/c1-4-6-7-10(5-2)8-12-9(3)11;/h10H,4-8H2,1-3H3;1H3. The van der Waals surface area contributed by atoms with Gasteiger partial charge in [0, 0.05) is 6.92 Å². The maximum atomic E-state index is 10.5. The van der Waals surface area contributed by atoms with Gasteiger partial charge in [0.15, 0.2) is 0 Å². The Morgan fingerprint density at radius 1 is 1.38 bits per heavy atom. The number of esters is 1. The first-order chi connectivity index (χ1) is 5.70. The van der Waals surface area contributed by atoms with Crippen molar-refractivity contribution in [2.45, 2.75) is 46.5 Å². The van der Waals surface area contributed by atoms with Crippen LogP contribution >= 0.6 is 0 Å². The van der Waals surface area contributed by atoms with Crippen molar-refractivity contribution >= 4 is 5.97 Å². The monoisotopic (exact) mass is 189 g/mol. The number of unbranched alkanes of at least 4 members (excludes halogenated alkanes) is 1. The summed E-state index contributed by atoms with van der Waals surface area (Å²) < 4.78 is 4.95. The first-order valence-corrected chi connectivity index (χ1v) is 4.84. The molecule has 0 saturated heterocycles. The molecule has 0 bridgehead atoms. The molecule has 3 N–H and O–H groups in total. The van der Waals surface area contributed by atoms with Gasteiger partial charge in [0.05, 0.1) is 6.61 Å². The Hall–Kier alpha value is -0.570. The van der Waals surface area contributed by atoms with E-state index in [-0.39, 0.29) is 12.1 Å². The van der Waals surface area contributed by atoms with Gasteiger partial charge in [-0.2, -0.15) is 0 Å². The topological polar surface area (TPSA) is 61.3 Å². The average Bonchev–Trinajstić information content (AvgIpc) is 2.05. The van der Waals surface area contributed by atoms with Crippen LogP contribution in [-0.2, 0) is 9.53 Å². The summed E-state index contributed by atoms with van der Waals surface area (Å²) in [6.07, 6.45) is 4.74. The van der Waals surface area contributed by atoms with Gasteiger partial charge >= 0.3 is 5.97 Å². The van der Waals surface area contributed by atoms with Crippen molar-refractivity contribution in [3.05, 3.63) is 0 Å². The molecule has 0 saturated carbocycles. The van der Waals surface area contributed by atoms with Crippen LogP contribution in [-0.4, -0.2) is 12.6 Å². The molecule has 3 nitrogen and oxygen atoms in total. The number of carbonyl (C=O) groups is 1. The molecule has 0 aromatic carbocycles. The Bertz CT molecular complexity index is 126. The van der Waals surface area contributed by atoms with E-state index in [1.807, 2.05) is 0 Å². The smallest absolute Gasteiger partial charge is 0.302 e. The summed E-state index contributed by atoms with van der Waals surface area (Å²) >= 11 is 0. The highest BCUT2D eigenvalue weighted by atomic mass is 16.5. The average molecular weight is 189 g/mol. The lowest BCUT2D eigenvalue weighted by Crippen LogP contribution is -2.11. The summed E-state index contributed by atoms with van der Waals surface area (Å²) in [5, 5.41) is 0. The third kappa shape index (κ3) is 9.34. The molecular formula is C10H23NO2. The molecule has 0 spiro atoms. The van der Waals surface area contributed by atoms with E-state index in [9.17, 15) is 4.79 Å². The molecule has 0 aliphatic carbocycles. The fourth-order valence-corrected chi connectivity index (χ4v) is 1.13. The molecule has 0 heterocycles. The van der Waals surface area contributed by atoms with E-state index >= 15 is 0 Å². The van der Waals surface area contributed by atoms with Crippen molar-refractivity contribution in [3.63, 3.8) is 0 Å². The summed E-state index contributed by atoms with van der Waals surface area (Å²) in [5.74, 6) is 0.402. The summed E-state index contributed by atoms with van der Waals surface area (Å²) in [6.45, 7) is 6.39. The Morgan fingerprint density at radius 3 is 2.38 bits per heavy atom. The third-order valence-electron chi connectivity index (χ3n) is 2.07. The predicted molar refractivity (Wildman–Crippen MR) is 55.0 cm³/mol.